The summed E-state index contributed by atoms with van der Waals surface area (Å²) in [5.74, 6) is 2.62. The van der Waals surface area contributed by atoms with Crippen molar-refractivity contribution in [2.45, 2.75) is 13.3 Å². The van der Waals surface area contributed by atoms with Crippen LogP contribution in [0.3, 0.4) is 0 Å². The van der Waals surface area contributed by atoms with Gasteiger partial charge in [0.1, 0.15) is 0 Å². The summed E-state index contributed by atoms with van der Waals surface area (Å²) in [4.78, 5) is 0. The molecule has 0 aliphatic heterocycles. The van der Waals surface area contributed by atoms with Crippen LogP contribution in [0.1, 0.15) is 18.1 Å². The van der Waals surface area contributed by atoms with Gasteiger partial charge >= 0.3 is 0 Å². The lowest BCUT2D eigenvalue weighted by molar-refractivity contribution is 1.13. The number of hydrogen-bond acceptors (Lipinski definition) is 0. The van der Waals surface area contributed by atoms with E-state index in [9.17, 15) is 0 Å². The molecular weight excluding hydrogens is 120 g/mol. The SMILES string of the molecule is C#Cc1ccc[c]c1CC. The van der Waals surface area contributed by atoms with Crippen molar-refractivity contribution in [3.8, 4) is 12.3 Å². The van der Waals surface area contributed by atoms with Crippen molar-refractivity contribution in [1.82, 2.24) is 0 Å². The van der Waals surface area contributed by atoms with Crippen molar-refractivity contribution in [3.63, 3.8) is 0 Å². The molecule has 1 radical (unpaired) electrons. The molecule has 0 aliphatic rings. The van der Waals surface area contributed by atoms with E-state index in [0.29, 0.717) is 0 Å². The van der Waals surface area contributed by atoms with Crippen molar-refractivity contribution in [3.05, 3.63) is 35.4 Å². The van der Waals surface area contributed by atoms with E-state index < -0.39 is 0 Å². The summed E-state index contributed by atoms with van der Waals surface area (Å²) in [5, 5.41) is 0. The first-order valence-electron chi connectivity index (χ1n) is 3.34. The van der Waals surface area contributed by atoms with Gasteiger partial charge in [0.15, 0.2) is 0 Å². The zero-order valence-corrected chi connectivity index (χ0v) is 6.02. The first-order valence-corrected chi connectivity index (χ1v) is 3.34. The predicted molar refractivity (Wildman–Crippen MR) is 42.6 cm³/mol. The molecule has 0 fully saturated rings. The van der Waals surface area contributed by atoms with Gasteiger partial charge in [-0.05, 0) is 24.1 Å². The lowest BCUT2D eigenvalue weighted by atomic mass is 10.1. The van der Waals surface area contributed by atoms with Crippen LogP contribution in [-0.4, -0.2) is 0 Å². The fraction of sp³-hybridized carbons (Fsp3) is 0.200. The quantitative estimate of drug-likeness (QED) is 0.509. The first kappa shape index (κ1) is 6.89. The number of aryl methyl sites for hydroxylation is 1. The van der Waals surface area contributed by atoms with Crippen molar-refractivity contribution >= 4 is 0 Å². The van der Waals surface area contributed by atoms with Gasteiger partial charge in [-0.1, -0.05) is 25.0 Å². The summed E-state index contributed by atoms with van der Waals surface area (Å²) in [6.45, 7) is 2.08. The van der Waals surface area contributed by atoms with E-state index in [2.05, 4.69) is 18.9 Å². The number of benzene rings is 1. The Bertz CT molecular complexity index is 253. The largest absolute Gasteiger partial charge is 0.115 e. The monoisotopic (exact) mass is 129 g/mol. The van der Waals surface area contributed by atoms with E-state index in [1.54, 1.807) is 0 Å². The van der Waals surface area contributed by atoms with Gasteiger partial charge < -0.3 is 0 Å². The molecule has 1 aromatic rings. The fourth-order valence-corrected chi connectivity index (χ4v) is 0.899. The van der Waals surface area contributed by atoms with Gasteiger partial charge in [0.2, 0.25) is 0 Å². The molecule has 0 amide bonds. The maximum absolute atomic E-state index is 5.26. The van der Waals surface area contributed by atoms with Crippen LogP contribution < -0.4 is 0 Å². The third kappa shape index (κ3) is 1.19. The van der Waals surface area contributed by atoms with Crippen LogP contribution in [0.15, 0.2) is 18.2 Å². The van der Waals surface area contributed by atoms with Gasteiger partial charge in [-0.25, -0.2) is 0 Å². The zero-order valence-electron chi connectivity index (χ0n) is 6.02. The van der Waals surface area contributed by atoms with Gasteiger partial charge in [0.05, 0.1) is 0 Å². The van der Waals surface area contributed by atoms with E-state index in [1.807, 2.05) is 18.2 Å². The molecule has 1 rings (SSSR count). The fourth-order valence-electron chi connectivity index (χ4n) is 0.899. The normalized spacial score (nSPS) is 8.80. The van der Waals surface area contributed by atoms with Gasteiger partial charge in [-0.3, -0.25) is 0 Å². The van der Waals surface area contributed by atoms with Crippen LogP contribution in [0.25, 0.3) is 0 Å². The summed E-state index contributed by atoms with van der Waals surface area (Å²) in [5.41, 5.74) is 2.09. The van der Waals surface area contributed by atoms with Gasteiger partial charge in [0, 0.05) is 5.56 Å². The van der Waals surface area contributed by atoms with Crippen molar-refractivity contribution in [1.29, 1.82) is 0 Å². The van der Waals surface area contributed by atoms with Gasteiger partial charge in [0.25, 0.3) is 0 Å². The highest BCUT2D eigenvalue weighted by molar-refractivity contribution is 5.38. The maximum atomic E-state index is 5.26. The Morgan fingerprint density at radius 2 is 2.50 bits per heavy atom. The van der Waals surface area contributed by atoms with E-state index in [-0.39, 0.29) is 0 Å². The Morgan fingerprint density at radius 3 is 3.00 bits per heavy atom. The van der Waals surface area contributed by atoms with Crippen LogP contribution in [-0.2, 0) is 6.42 Å². The second-order valence-corrected chi connectivity index (χ2v) is 2.06. The number of rotatable bonds is 1. The predicted octanol–water partition coefficient (Wildman–Crippen LogP) is 2.03. The summed E-state index contributed by atoms with van der Waals surface area (Å²) in [6, 6.07) is 8.83. The molecule has 0 saturated heterocycles. The van der Waals surface area contributed by atoms with Gasteiger partial charge in [-0.15, -0.1) is 6.42 Å². The third-order valence-corrected chi connectivity index (χ3v) is 1.45. The Kier molecular flexibility index (Phi) is 2.12. The number of terminal acetylenes is 1. The van der Waals surface area contributed by atoms with Crippen LogP contribution >= 0.6 is 0 Å². The Labute approximate surface area is 61.9 Å². The Hall–Kier alpha value is -1.22. The molecule has 0 saturated carbocycles. The molecule has 0 spiro atoms. The average molecular weight is 129 g/mol. The van der Waals surface area contributed by atoms with Crippen LogP contribution in [0.5, 0.6) is 0 Å². The van der Waals surface area contributed by atoms with E-state index in [0.717, 1.165) is 17.5 Å². The summed E-state index contributed by atoms with van der Waals surface area (Å²) >= 11 is 0. The molecule has 0 unspecified atom stereocenters. The minimum Gasteiger partial charge on any atom is -0.115 e. The molecule has 0 heteroatoms. The lowest BCUT2D eigenvalue weighted by Gasteiger charge is -1.97. The first-order chi connectivity index (χ1) is 4.88. The molecule has 49 valence electrons. The molecule has 10 heavy (non-hydrogen) atoms. The zero-order chi connectivity index (χ0) is 7.40. The topological polar surface area (TPSA) is 0 Å². The van der Waals surface area contributed by atoms with E-state index in [4.69, 9.17) is 6.42 Å². The Morgan fingerprint density at radius 1 is 1.70 bits per heavy atom. The highest BCUT2D eigenvalue weighted by Gasteiger charge is 1.93. The molecule has 0 nitrogen and oxygen atoms in total. The highest BCUT2D eigenvalue weighted by atomic mass is 14.0. The van der Waals surface area contributed by atoms with Gasteiger partial charge in [-0.2, -0.15) is 0 Å². The van der Waals surface area contributed by atoms with Crippen molar-refractivity contribution in [2.75, 3.05) is 0 Å². The summed E-state index contributed by atoms with van der Waals surface area (Å²) in [6.07, 6.45) is 6.21. The maximum Gasteiger partial charge on any atom is 0.0280 e. The van der Waals surface area contributed by atoms with Crippen LogP contribution in [0.4, 0.5) is 0 Å². The second-order valence-electron chi connectivity index (χ2n) is 2.06. The molecule has 0 N–H and O–H groups in total. The average Bonchev–Trinajstić information content (AvgIpc) is 2.04. The smallest absolute Gasteiger partial charge is 0.0280 e. The molecule has 1 aromatic carbocycles. The number of hydrogen-bond donors (Lipinski definition) is 0. The minimum atomic E-state index is 0.959. The second kappa shape index (κ2) is 3.08. The van der Waals surface area contributed by atoms with Crippen molar-refractivity contribution in [2.24, 2.45) is 0 Å². The highest BCUT2D eigenvalue weighted by Crippen LogP contribution is 2.05. The van der Waals surface area contributed by atoms with E-state index in [1.165, 1.54) is 0 Å². The molecule has 0 aromatic heterocycles. The molecule has 0 atom stereocenters. The van der Waals surface area contributed by atoms with Crippen LogP contribution in [0, 0.1) is 18.4 Å². The summed E-state index contributed by atoms with van der Waals surface area (Å²) in [7, 11) is 0. The van der Waals surface area contributed by atoms with Crippen LogP contribution in [0.2, 0.25) is 0 Å². The lowest BCUT2D eigenvalue weighted by Crippen LogP contribution is -1.85. The molecule has 0 bridgehead atoms. The molecule has 0 aliphatic carbocycles. The molecule has 0 heterocycles. The third-order valence-electron chi connectivity index (χ3n) is 1.45. The minimum absolute atomic E-state index is 0.959. The Balaban J connectivity index is 3.12. The van der Waals surface area contributed by atoms with Crippen molar-refractivity contribution < 1.29 is 0 Å². The standard InChI is InChI=1S/C10H9/c1-3-9-7-5-6-8-10(9)4-2/h1,5-7H,4H2,2H3. The van der Waals surface area contributed by atoms with E-state index >= 15 is 0 Å². The molecular formula is C10H9. The summed E-state index contributed by atoms with van der Waals surface area (Å²) < 4.78 is 0.